The number of anilines is 1. The Balaban J connectivity index is 2.01. The Morgan fingerprint density at radius 3 is 1.92 bits per heavy atom. The Kier molecular flexibility index (Phi) is 6.97. The van der Waals surface area contributed by atoms with Gasteiger partial charge in [0.1, 0.15) is 0 Å². The maximum Gasteiger partial charge on any atom is 0.200 e. The van der Waals surface area contributed by atoms with Crippen LogP contribution in [0.4, 0.5) is 27.6 Å². The molecule has 0 radical (unpaired) electrons. The minimum Gasteiger partial charge on any atom is -0.391 e. The first-order valence-corrected chi connectivity index (χ1v) is 11.2. The Bertz CT molecular complexity index is 1350. The molecule has 4 rings (SSSR count). The highest BCUT2D eigenvalue weighted by Gasteiger charge is 2.37. The summed E-state index contributed by atoms with van der Waals surface area (Å²) in [7, 11) is 5.43. The Hall–Kier alpha value is -3.94. The number of hydrogen-bond acceptors (Lipinski definition) is 3. The van der Waals surface area contributed by atoms with E-state index in [1.165, 1.54) is 0 Å². The van der Waals surface area contributed by atoms with Crippen LogP contribution in [0.2, 0.25) is 0 Å². The zero-order valence-electron chi connectivity index (χ0n) is 19.8. The standard InChI is InChI=1S/C28H23F5N2O/c1-34-17-13-19(15-7-5-4-6-8-15)21(20(14-17)16-9-11-18(12-10-16)35(2)3)28(36)22-23(29)25(31)27(33)26(32)24(22)30/h4-13,20,34H,14H2,1-3H3. The lowest BCUT2D eigenvalue weighted by Gasteiger charge is -2.29. The van der Waals surface area contributed by atoms with E-state index >= 15 is 0 Å². The average molecular weight is 498 g/mol. The first-order chi connectivity index (χ1) is 17.1. The molecule has 3 nitrogen and oxygen atoms in total. The minimum absolute atomic E-state index is 0.0546. The third kappa shape index (κ3) is 4.39. The molecule has 1 N–H and O–H groups in total. The molecule has 0 fully saturated rings. The third-order valence-electron chi connectivity index (χ3n) is 6.28. The van der Waals surface area contributed by atoms with E-state index in [0.717, 1.165) is 11.4 Å². The Morgan fingerprint density at radius 2 is 1.39 bits per heavy atom. The van der Waals surface area contributed by atoms with E-state index in [1.807, 2.05) is 31.1 Å². The fourth-order valence-electron chi connectivity index (χ4n) is 4.36. The number of nitrogens with one attached hydrogen (secondary N) is 1. The molecule has 8 heteroatoms. The van der Waals surface area contributed by atoms with E-state index < -0.39 is 46.4 Å². The molecule has 36 heavy (non-hydrogen) atoms. The van der Waals surface area contributed by atoms with E-state index in [9.17, 15) is 26.7 Å². The number of rotatable bonds is 6. The number of nitrogens with zero attached hydrogens (tertiary/aromatic N) is 1. The number of halogens is 5. The van der Waals surface area contributed by atoms with Crippen molar-refractivity contribution in [3.8, 4) is 0 Å². The van der Waals surface area contributed by atoms with Crippen LogP contribution in [0.15, 0.2) is 71.9 Å². The highest BCUT2D eigenvalue weighted by atomic mass is 19.2. The van der Waals surface area contributed by atoms with Gasteiger partial charge in [-0.05, 0) is 41.3 Å². The molecule has 0 spiro atoms. The van der Waals surface area contributed by atoms with Crippen LogP contribution >= 0.6 is 0 Å². The average Bonchev–Trinajstić information content (AvgIpc) is 2.90. The normalized spacial score (nSPS) is 15.6. The predicted molar refractivity (Wildman–Crippen MR) is 129 cm³/mol. The van der Waals surface area contributed by atoms with Gasteiger partial charge in [0, 0.05) is 44.0 Å². The van der Waals surface area contributed by atoms with Crippen molar-refractivity contribution in [2.75, 3.05) is 26.0 Å². The SMILES string of the molecule is CNC1=CC(c2ccccc2)=C(C(=O)c2c(F)c(F)c(F)c(F)c2F)C(c2ccc(N(C)C)cc2)C1. The van der Waals surface area contributed by atoms with E-state index in [4.69, 9.17) is 0 Å². The van der Waals surface area contributed by atoms with Gasteiger partial charge in [0.2, 0.25) is 5.82 Å². The smallest absolute Gasteiger partial charge is 0.200 e. The van der Waals surface area contributed by atoms with E-state index in [1.54, 1.807) is 55.6 Å². The summed E-state index contributed by atoms with van der Waals surface area (Å²) in [6.07, 6.45) is 1.92. The van der Waals surface area contributed by atoms with Gasteiger partial charge in [-0.2, -0.15) is 0 Å². The van der Waals surface area contributed by atoms with Gasteiger partial charge >= 0.3 is 0 Å². The van der Waals surface area contributed by atoms with Crippen molar-refractivity contribution in [3.05, 3.63) is 118 Å². The van der Waals surface area contributed by atoms with Gasteiger partial charge < -0.3 is 10.2 Å². The molecule has 186 valence electrons. The molecular weight excluding hydrogens is 475 g/mol. The molecule has 0 aliphatic heterocycles. The molecule has 1 atom stereocenters. The fourth-order valence-corrected chi connectivity index (χ4v) is 4.36. The minimum atomic E-state index is -2.31. The first kappa shape index (κ1) is 25.2. The summed E-state index contributed by atoms with van der Waals surface area (Å²) in [5.41, 5.74) is 1.66. The number of ketones is 1. The molecular formula is C28H23F5N2O. The second-order valence-electron chi connectivity index (χ2n) is 8.63. The third-order valence-corrected chi connectivity index (χ3v) is 6.28. The van der Waals surface area contributed by atoms with E-state index in [-0.39, 0.29) is 12.0 Å². The molecule has 0 heterocycles. The highest BCUT2D eigenvalue weighted by molar-refractivity contribution is 6.16. The molecule has 0 amide bonds. The van der Waals surface area contributed by atoms with Crippen molar-refractivity contribution in [3.63, 3.8) is 0 Å². The van der Waals surface area contributed by atoms with Gasteiger partial charge in [-0.15, -0.1) is 0 Å². The summed E-state index contributed by atoms with van der Waals surface area (Å²) in [4.78, 5) is 15.6. The van der Waals surface area contributed by atoms with Crippen LogP contribution < -0.4 is 10.2 Å². The molecule has 3 aromatic carbocycles. The Labute approximate surface area is 205 Å². The van der Waals surface area contributed by atoms with Crippen LogP contribution in [0, 0.1) is 29.1 Å². The molecule has 1 unspecified atom stereocenters. The fraction of sp³-hybridized carbons (Fsp3) is 0.179. The first-order valence-electron chi connectivity index (χ1n) is 11.2. The van der Waals surface area contributed by atoms with Gasteiger partial charge in [0.15, 0.2) is 29.1 Å². The van der Waals surface area contributed by atoms with Crippen LogP contribution in [0.25, 0.3) is 5.57 Å². The molecule has 3 aromatic rings. The van der Waals surface area contributed by atoms with Crippen molar-refractivity contribution in [2.45, 2.75) is 12.3 Å². The van der Waals surface area contributed by atoms with Crippen LogP contribution in [0.3, 0.4) is 0 Å². The number of hydrogen-bond donors (Lipinski definition) is 1. The molecule has 0 aromatic heterocycles. The summed E-state index contributed by atoms with van der Waals surface area (Å²) in [6.45, 7) is 0. The number of allylic oxidation sites excluding steroid dienone is 4. The van der Waals surface area contributed by atoms with Gasteiger partial charge in [0.25, 0.3) is 0 Å². The molecule has 0 bridgehead atoms. The maximum absolute atomic E-state index is 14.8. The monoisotopic (exact) mass is 498 g/mol. The maximum atomic E-state index is 14.8. The zero-order chi connectivity index (χ0) is 26.1. The van der Waals surface area contributed by atoms with Crippen LogP contribution in [0.5, 0.6) is 0 Å². The Morgan fingerprint density at radius 1 is 0.833 bits per heavy atom. The lowest BCUT2D eigenvalue weighted by Crippen LogP contribution is -2.24. The number of benzene rings is 3. The van der Waals surface area contributed by atoms with Crippen LogP contribution in [0.1, 0.15) is 33.8 Å². The largest absolute Gasteiger partial charge is 0.391 e. The van der Waals surface area contributed by atoms with Crippen LogP contribution in [-0.2, 0) is 0 Å². The molecule has 1 aliphatic rings. The summed E-state index contributed by atoms with van der Waals surface area (Å²) >= 11 is 0. The van der Waals surface area contributed by atoms with Gasteiger partial charge in [-0.25, -0.2) is 22.0 Å². The topological polar surface area (TPSA) is 32.3 Å². The number of carbonyl (C=O) groups is 1. The predicted octanol–water partition coefficient (Wildman–Crippen LogP) is 6.38. The highest BCUT2D eigenvalue weighted by Crippen LogP contribution is 2.43. The van der Waals surface area contributed by atoms with Gasteiger partial charge in [0.05, 0.1) is 5.56 Å². The van der Waals surface area contributed by atoms with E-state index in [2.05, 4.69) is 5.32 Å². The van der Waals surface area contributed by atoms with Crippen molar-refractivity contribution in [2.24, 2.45) is 0 Å². The molecule has 0 saturated heterocycles. The summed E-state index contributed by atoms with van der Waals surface area (Å²) in [5, 5.41) is 3.07. The number of Topliss-reactive ketones (excluding diaryl/α,β-unsaturated/α-hetero) is 1. The van der Waals surface area contributed by atoms with Crippen molar-refractivity contribution in [1.82, 2.24) is 5.32 Å². The van der Waals surface area contributed by atoms with Crippen LogP contribution in [-0.4, -0.2) is 26.9 Å². The van der Waals surface area contributed by atoms with Crippen molar-refractivity contribution >= 4 is 17.0 Å². The van der Waals surface area contributed by atoms with Crippen molar-refractivity contribution in [1.29, 1.82) is 0 Å². The zero-order valence-corrected chi connectivity index (χ0v) is 19.8. The quantitative estimate of drug-likeness (QED) is 0.185. The lowest BCUT2D eigenvalue weighted by molar-refractivity contribution is 0.101. The number of carbonyl (C=O) groups excluding carboxylic acids is 1. The lowest BCUT2D eigenvalue weighted by atomic mass is 9.75. The summed E-state index contributed by atoms with van der Waals surface area (Å²) < 4.78 is 71.3. The second-order valence-corrected chi connectivity index (χ2v) is 8.63. The summed E-state index contributed by atoms with van der Waals surface area (Å²) in [6, 6.07) is 15.9. The van der Waals surface area contributed by atoms with Crippen molar-refractivity contribution < 1.29 is 26.7 Å². The van der Waals surface area contributed by atoms with E-state index in [0.29, 0.717) is 16.7 Å². The molecule has 1 aliphatic carbocycles. The summed E-state index contributed by atoms with van der Waals surface area (Å²) in [5.74, 6) is -12.9. The van der Waals surface area contributed by atoms with Gasteiger partial charge in [-0.1, -0.05) is 42.5 Å². The van der Waals surface area contributed by atoms with Gasteiger partial charge in [-0.3, -0.25) is 4.79 Å². The molecule has 0 saturated carbocycles. The second kappa shape index (κ2) is 9.97.